The van der Waals surface area contributed by atoms with Gasteiger partial charge in [-0.3, -0.25) is 9.59 Å². The summed E-state index contributed by atoms with van der Waals surface area (Å²) in [7, 11) is 0. The van der Waals surface area contributed by atoms with Crippen molar-refractivity contribution in [2.45, 2.75) is 18.8 Å². The largest absolute Gasteiger partial charge is 0.364 e. The number of fused-ring (bicyclic) bond motifs is 1. The third-order valence-electron chi connectivity index (χ3n) is 3.55. The van der Waals surface area contributed by atoms with Crippen LogP contribution in [-0.2, 0) is 6.42 Å². The summed E-state index contributed by atoms with van der Waals surface area (Å²) >= 11 is 6.18. The summed E-state index contributed by atoms with van der Waals surface area (Å²) in [5.41, 5.74) is 1.80. The molecule has 0 fully saturated rings. The van der Waals surface area contributed by atoms with Crippen LogP contribution in [0.3, 0.4) is 0 Å². The van der Waals surface area contributed by atoms with E-state index in [1.807, 2.05) is 24.3 Å². The molecule has 96 valence electrons. The molecule has 1 aromatic carbocycles. The molecule has 1 atom stereocenters. The summed E-state index contributed by atoms with van der Waals surface area (Å²) in [5, 5.41) is 0.669. The lowest BCUT2D eigenvalue weighted by atomic mass is 9.81. The highest BCUT2D eigenvalue weighted by atomic mass is 35.5. The molecule has 0 saturated carbocycles. The molecular formula is C15H12ClNO2. The Morgan fingerprint density at radius 1 is 1.11 bits per heavy atom. The Hall–Kier alpha value is -1.87. The predicted octanol–water partition coefficient (Wildman–Crippen LogP) is 2.94. The summed E-state index contributed by atoms with van der Waals surface area (Å²) in [6, 6.07) is 8.94. The number of pyridine rings is 1. The predicted molar refractivity (Wildman–Crippen MR) is 73.9 cm³/mol. The normalized spacial score (nSPS) is 18.2. The number of nitrogens with one attached hydrogen (secondary N) is 1. The number of carbonyl (C=O) groups is 1. The molecule has 1 N–H and O–H groups in total. The Bertz CT molecular complexity index is 705. The molecule has 0 saturated heterocycles. The van der Waals surface area contributed by atoms with Crippen molar-refractivity contribution < 1.29 is 4.79 Å². The molecule has 3 rings (SSSR count). The minimum atomic E-state index is -0.198. The first-order chi connectivity index (χ1) is 9.16. The van der Waals surface area contributed by atoms with E-state index in [4.69, 9.17) is 11.6 Å². The van der Waals surface area contributed by atoms with Gasteiger partial charge in [0.1, 0.15) is 0 Å². The van der Waals surface area contributed by atoms with Gasteiger partial charge in [-0.2, -0.15) is 0 Å². The topological polar surface area (TPSA) is 49.9 Å². The highest BCUT2D eigenvalue weighted by molar-refractivity contribution is 6.31. The van der Waals surface area contributed by atoms with E-state index in [2.05, 4.69) is 4.98 Å². The number of carbonyl (C=O) groups excluding carboxylic acids is 1. The van der Waals surface area contributed by atoms with E-state index in [-0.39, 0.29) is 17.1 Å². The van der Waals surface area contributed by atoms with Crippen LogP contribution in [0, 0.1) is 0 Å². The van der Waals surface area contributed by atoms with Crippen molar-refractivity contribution in [3.63, 3.8) is 0 Å². The molecule has 19 heavy (non-hydrogen) atoms. The van der Waals surface area contributed by atoms with Crippen molar-refractivity contribution in [3.05, 3.63) is 68.6 Å². The number of halogens is 1. The Balaban J connectivity index is 2.05. The SMILES string of the molecule is O=C1C[C@@H](c2ccccc2Cl)Cc2[nH]ccc(=O)c21. The molecule has 0 radical (unpaired) electrons. The number of rotatable bonds is 1. The lowest BCUT2D eigenvalue weighted by Crippen LogP contribution is -2.26. The standard InChI is InChI=1S/C15H12ClNO2/c16-11-4-2-1-3-10(11)9-7-12-15(14(19)8-9)13(18)5-6-17-12/h1-6,9H,7-8H2,(H,17,18)/t9-/m0/s1. The summed E-state index contributed by atoms with van der Waals surface area (Å²) in [6.45, 7) is 0. The second-order valence-corrected chi connectivity index (χ2v) is 5.15. The van der Waals surface area contributed by atoms with Crippen LogP contribution < -0.4 is 5.43 Å². The van der Waals surface area contributed by atoms with Gasteiger partial charge < -0.3 is 4.98 Å². The summed E-state index contributed by atoms with van der Waals surface area (Å²) in [4.78, 5) is 26.9. The Morgan fingerprint density at radius 3 is 2.68 bits per heavy atom. The van der Waals surface area contributed by atoms with E-state index in [0.717, 1.165) is 5.56 Å². The molecule has 0 amide bonds. The van der Waals surface area contributed by atoms with Crippen LogP contribution in [0.5, 0.6) is 0 Å². The first kappa shape index (κ1) is 12.2. The van der Waals surface area contributed by atoms with Crippen molar-refractivity contribution in [2.75, 3.05) is 0 Å². The third-order valence-corrected chi connectivity index (χ3v) is 3.89. The third kappa shape index (κ3) is 2.10. The maximum Gasteiger partial charge on any atom is 0.192 e. The van der Waals surface area contributed by atoms with Gasteiger partial charge in [-0.05, 0) is 24.0 Å². The maximum atomic E-state index is 12.1. The zero-order chi connectivity index (χ0) is 13.4. The molecule has 1 heterocycles. The highest BCUT2D eigenvalue weighted by Crippen LogP contribution is 2.34. The van der Waals surface area contributed by atoms with Gasteiger partial charge in [0.2, 0.25) is 0 Å². The average Bonchev–Trinajstić information content (AvgIpc) is 2.39. The van der Waals surface area contributed by atoms with Crippen molar-refractivity contribution in [1.29, 1.82) is 0 Å². The fourth-order valence-electron chi connectivity index (χ4n) is 2.66. The van der Waals surface area contributed by atoms with Gasteiger partial charge in [0.25, 0.3) is 0 Å². The van der Waals surface area contributed by atoms with E-state index in [1.165, 1.54) is 6.07 Å². The fourth-order valence-corrected chi connectivity index (χ4v) is 2.95. The van der Waals surface area contributed by atoms with Gasteiger partial charge in [0, 0.05) is 29.4 Å². The molecule has 4 heteroatoms. The number of aromatic nitrogens is 1. The molecule has 1 aliphatic carbocycles. The van der Waals surface area contributed by atoms with Gasteiger partial charge in [0.15, 0.2) is 11.2 Å². The van der Waals surface area contributed by atoms with Crippen LogP contribution in [0.1, 0.15) is 34.0 Å². The lowest BCUT2D eigenvalue weighted by Gasteiger charge is -2.23. The molecule has 0 spiro atoms. The van der Waals surface area contributed by atoms with Crippen LogP contribution >= 0.6 is 11.6 Å². The summed E-state index contributed by atoms with van der Waals surface area (Å²) < 4.78 is 0. The summed E-state index contributed by atoms with van der Waals surface area (Å²) in [6.07, 6.45) is 2.56. The van der Waals surface area contributed by atoms with Gasteiger partial charge in [-0.15, -0.1) is 0 Å². The average molecular weight is 274 g/mol. The van der Waals surface area contributed by atoms with E-state index in [0.29, 0.717) is 29.1 Å². The molecule has 2 aromatic rings. The molecule has 1 aliphatic rings. The number of benzene rings is 1. The van der Waals surface area contributed by atoms with Crippen LogP contribution in [0.25, 0.3) is 0 Å². The van der Waals surface area contributed by atoms with Crippen molar-refractivity contribution in [1.82, 2.24) is 4.98 Å². The van der Waals surface area contributed by atoms with Gasteiger partial charge in [0.05, 0.1) is 5.56 Å². The number of ketones is 1. The molecule has 3 nitrogen and oxygen atoms in total. The van der Waals surface area contributed by atoms with Gasteiger partial charge in [-0.25, -0.2) is 0 Å². The molecular weight excluding hydrogens is 262 g/mol. The molecule has 0 aliphatic heterocycles. The molecule has 0 unspecified atom stereocenters. The fraction of sp³-hybridized carbons (Fsp3) is 0.200. The van der Waals surface area contributed by atoms with Crippen LogP contribution in [-0.4, -0.2) is 10.8 Å². The van der Waals surface area contributed by atoms with Crippen molar-refractivity contribution in [3.8, 4) is 0 Å². The number of Topliss-reactive ketones (excluding diaryl/α,β-unsaturated/α-hetero) is 1. The zero-order valence-corrected chi connectivity index (χ0v) is 10.9. The zero-order valence-electron chi connectivity index (χ0n) is 10.2. The smallest absolute Gasteiger partial charge is 0.192 e. The maximum absolute atomic E-state index is 12.1. The number of aromatic amines is 1. The van der Waals surface area contributed by atoms with Crippen LogP contribution in [0.4, 0.5) is 0 Å². The Labute approximate surface area is 115 Å². The van der Waals surface area contributed by atoms with E-state index in [1.54, 1.807) is 6.20 Å². The van der Waals surface area contributed by atoms with Crippen LogP contribution in [0.15, 0.2) is 41.3 Å². The monoisotopic (exact) mass is 273 g/mol. The lowest BCUT2D eigenvalue weighted by molar-refractivity contribution is 0.0962. The second-order valence-electron chi connectivity index (χ2n) is 4.75. The van der Waals surface area contributed by atoms with E-state index < -0.39 is 0 Å². The van der Waals surface area contributed by atoms with Gasteiger partial charge in [-0.1, -0.05) is 29.8 Å². The molecule has 1 aromatic heterocycles. The number of H-pyrrole nitrogens is 1. The van der Waals surface area contributed by atoms with Crippen LogP contribution in [0.2, 0.25) is 5.02 Å². The van der Waals surface area contributed by atoms with E-state index >= 15 is 0 Å². The Morgan fingerprint density at radius 2 is 1.89 bits per heavy atom. The Kier molecular flexibility index (Phi) is 2.99. The van der Waals surface area contributed by atoms with Gasteiger partial charge >= 0.3 is 0 Å². The quantitative estimate of drug-likeness (QED) is 0.868. The highest BCUT2D eigenvalue weighted by Gasteiger charge is 2.29. The number of hydrogen-bond acceptors (Lipinski definition) is 2. The first-order valence-corrected chi connectivity index (χ1v) is 6.53. The first-order valence-electron chi connectivity index (χ1n) is 6.15. The minimum absolute atomic E-state index is 0.0340. The summed E-state index contributed by atoms with van der Waals surface area (Å²) in [5.74, 6) is -0.0697. The van der Waals surface area contributed by atoms with E-state index in [9.17, 15) is 9.59 Å². The molecule has 0 bridgehead atoms. The minimum Gasteiger partial charge on any atom is -0.364 e. The van der Waals surface area contributed by atoms with Crippen molar-refractivity contribution >= 4 is 17.4 Å². The number of hydrogen-bond donors (Lipinski definition) is 1. The van der Waals surface area contributed by atoms with Crippen molar-refractivity contribution in [2.24, 2.45) is 0 Å². The second kappa shape index (κ2) is 4.67.